The summed E-state index contributed by atoms with van der Waals surface area (Å²) in [5.74, 6) is -1.30. The minimum absolute atomic E-state index is 0.167. The van der Waals surface area contributed by atoms with Crippen molar-refractivity contribution in [2.45, 2.75) is 32.4 Å². The van der Waals surface area contributed by atoms with E-state index >= 15 is 0 Å². The molecule has 8 heteroatoms. The zero-order valence-electron chi connectivity index (χ0n) is 11.8. The number of amides is 1. The van der Waals surface area contributed by atoms with E-state index in [-0.39, 0.29) is 11.3 Å². The fraction of sp³-hybridized carbons (Fsp3) is 0.385. The highest BCUT2D eigenvalue weighted by Crippen LogP contribution is 2.19. The van der Waals surface area contributed by atoms with Crippen LogP contribution in [0.1, 0.15) is 32.4 Å². The highest BCUT2D eigenvalue weighted by molar-refractivity contribution is 5.81. The molecule has 0 aliphatic carbocycles. The molecule has 1 rings (SSSR count). The number of ether oxygens (including phenoxy) is 1. The van der Waals surface area contributed by atoms with Gasteiger partial charge in [0.1, 0.15) is 5.60 Å². The monoisotopic (exact) mass is 296 g/mol. The van der Waals surface area contributed by atoms with E-state index in [0.29, 0.717) is 0 Å². The SMILES string of the molecule is CC(C)(C)OC(=O)N[C@@H](C(=O)O)c1ccc([N+](=O)[O-])cc1. The number of nitro groups is 1. The number of nitrogens with one attached hydrogen (secondary N) is 1. The van der Waals surface area contributed by atoms with Crippen LogP contribution in [-0.4, -0.2) is 27.7 Å². The van der Waals surface area contributed by atoms with Crippen LogP contribution in [0.2, 0.25) is 0 Å². The minimum atomic E-state index is -1.35. The normalized spacial score (nSPS) is 12.3. The molecule has 21 heavy (non-hydrogen) atoms. The number of carboxylic acid groups (broad SMARTS) is 1. The Morgan fingerprint density at radius 1 is 1.29 bits per heavy atom. The quantitative estimate of drug-likeness (QED) is 0.649. The lowest BCUT2D eigenvalue weighted by Gasteiger charge is -2.22. The number of hydrogen-bond donors (Lipinski definition) is 2. The molecule has 1 amide bonds. The molecule has 1 atom stereocenters. The maximum absolute atomic E-state index is 11.6. The highest BCUT2D eigenvalue weighted by Gasteiger charge is 2.25. The van der Waals surface area contributed by atoms with Gasteiger partial charge in [0.2, 0.25) is 0 Å². The molecule has 0 fully saturated rings. The number of rotatable bonds is 4. The van der Waals surface area contributed by atoms with Crippen molar-refractivity contribution in [3.63, 3.8) is 0 Å². The van der Waals surface area contributed by atoms with Crippen molar-refractivity contribution in [3.8, 4) is 0 Å². The van der Waals surface area contributed by atoms with Gasteiger partial charge in [-0.15, -0.1) is 0 Å². The van der Waals surface area contributed by atoms with Crippen LogP contribution in [0.15, 0.2) is 24.3 Å². The molecule has 0 unspecified atom stereocenters. The molecule has 0 radical (unpaired) electrons. The first-order chi connectivity index (χ1) is 9.60. The van der Waals surface area contributed by atoms with Crippen molar-refractivity contribution >= 4 is 17.7 Å². The number of carbonyl (C=O) groups excluding carboxylic acids is 1. The standard InChI is InChI=1S/C13H16N2O6/c1-13(2,3)21-12(18)14-10(11(16)17)8-4-6-9(7-5-8)15(19)20/h4-7,10H,1-3H3,(H,14,18)(H,16,17)/t10-/m1/s1. The molecule has 2 N–H and O–H groups in total. The number of carboxylic acids is 1. The summed E-state index contributed by atoms with van der Waals surface area (Å²) < 4.78 is 4.98. The summed E-state index contributed by atoms with van der Waals surface area (Å²) in [5.41, 5.74) is -0.720. The van der Waals surface area contributed by atoms with Crippen molar-refractivity contribution in [1.29, 1.82) is 0 Å². The highest BCUT2D eigenvalue weighted by atomic mass is 16.6. The summed E-state index contributed by atoms with van der Waals surface area (Å²) in [6.07, 6.45) is -0.881. The third-order valence-corrected chi connectivity index (χ3v) is 2.35. The molecule has 0 saturated heterocycles. The van der Waals surface area contributed by atoms with Gasteiger partial charge in [-0.3, -0.25) is 10.1 Å². The lowest BCUT2D eigenvalue weighted by atomic mass is 10.1. The van der Waals surface area contributed by atoms with Crippen molar-refractivity contribution in [2.75, 3.05) is 0 Å². The molecule has 0 aromatic heterocycles. The van der Waals surface area contributed by atoms with Gasteiger partial charge in [-0.05, 0) is 38.5 Å². The molecule has 0 saturated carbocycles. The summed E-state index contributed by atoms with van der Waals surface area (Å²) in [6.45, 7) is 4.94. The van der Waals surface area contributed by atoms with Crippen LogP contribution in [0.3, 0.4) is 0 Å². The number of alkyl carbamates (subject to hydrolysis) is 1. The van der Waals surface area contributed by atoms with E-state index in [0.717, 1.165) is 0 Å². The van der Waals surface area contributed by atoms with Crippen molar-refractivity contribution in [2.24, 2.45) is 0 Å². The van der Waals surface area contributed by atoms with Crippen molar-refractivity contribution < 1.29 is 24.4 Å². The molecule has 114 valence electrons. The number of hydrogen-bond acceptors (Lipinski definition) is 5. The molecular formula is C13H16N2O6. The molecule has 0 spiro atoms. The van der Waals surface area contributed by atoms with Gasteiger partial charge in [-0.1, -0.05) is 0 Å². The second kappa shape index (κ2) is 6.21. The molecule has 1 aromatic carbocycles. The maximum atomic E-state index is 11.6. The Kier molecular flexibility index (Phi) is 4.85. The van der Waals surface area contributed by atoms with Gasteiger partial charge in [-0.2, -0.15) is 0 Å². The fourth-order valence-electron chi connectivity index (χ4n) is 1.50. The second-order valence-electron chi connectivity index (χ2n) is 5.27. The van der Waals surface area contributed by atoms with Gasteiger partial charge in [0.25, 0.3) is 5.69 Å². The Bertz CT molecular complexity index is 547. The zero-order valence-corrected chi connectivity index (χ0v) is 11.8. The summed E-state index contributed by atoms with van der Waals surface area (Å²) >= 11 is 0. The summed E-state index contributed by atoms with van der Waals surface area (Å²) in [5, 5.41) is 21.9. The molecular weight excluding hydrogens is 280 g/mol. The fourth-order valence-corrected chi connectivity index (χ4v) is 1.50. The summed E-state index contributed by atoms with van der Waals surface area (Å²) in [6, 6.07) is 3.53. The first kappa shape index (κ1) is 16.4. The number of aliphatic carboxylic acids is 1. The van der Waals surface area contributed by atoms with Crippen LogP contribution in [0.25, 0.3) is 0 Å². The van der Waals surface area contributed by atoms with Crippen LogP contribution < -0.4 is 5.32 Å². The molecule has 0 aliphatic rings. The Morgan fingerprint density at radius 3 is 2.19 bits per heavy atom. The number of non-ortho nitro benzene ring substituents is 1. The third kappa shape index (κ3) is 5.09. The van der Waals surface area contributed by atoms with E-state index in [1.54, 1.807) is 20.8 Å². The lowest BCUT2D eigenvalue weighted by Crippen LogP contribution is -2.38. The summed E-state index contributed by atoms with van der Waals surface area (Å²) in [7, 11) is 0. The van der Waals surface area contributed by atoms with Gasteiger partial charge in [0, 0.05) is 12.1 Å². The van der Waals surface area contributed by atoms with E-state index in [1.807, 2.05) is 0 Å². The summed E-state index contributed by atoms with van der Waals surface area (Å²) in [4.78, 5) is 32.8. The second-order valence-corrected chi connectivity index (χ2v) is 5.27. The van der Waals surface area contributed by atoms with E-state index < -0.39 is 28.6 Å². The smallest absolute Gasteiger partial charge is 0.408 e. The topological polar surface area (TPSA) is 119 Å². The average molecular weight is 296 g/mol. The molecule has 0 bridgehead atoms. The predicted molar refractivity (Wildman–Crippen MR) is 72.8 cm³/mol. The van der Waals surface area contributed by atoms with E-state index in [2.05, 4.69) is 5.32 Å². The third-order valence-electron chi connectivity index (χ3n) is 2.35. The van der Waals surface area contributed by atoms with Gasteiger partial charge in [0.05, 0.1) is 4.92 Å². The Labute approximate surface area is 120 Å². The largest absolute Gasteiger partial charge is 0.479 e. The van der Waals surface area contributed by atoms with Gasteiger partial charge >= 0.3 is 12.1 Å². The van der Waals surface area contributed by atoms with Gasteiger partial charge in [0.15, 0.2) is 6.04 Å². The molecule has 0 aliphatic heterocycles. The van der Waals surface area contributed by atoms with Gasteiger partial charge < -0.3 is 15.2 Å². The number of nitrogens with zero attached hydrogens (tertiary/aromatic N) is 1. The maximum Gasteiger partial charge on any atom is 0.408 e. The first-order valence-corrected chi connectivity index (χ1v) is 6.07. The predicted octanol–water partition coefficient (Wildman–Crippen LogP) is 2.25. The molecule has 0 heterocycles. The van der Waals surface area contributed by atoms with Crippen LogP contribution in [0.5, 0.6) is 0 Å². The average Bonchev–Trinajstić information content (AvgIpc) is 2.33. The van der Waals surface area contributed by atoms with Gasteiger partial charge in [-0.25, -0.2) is 9.59 Å². The van der Waals surface area contributed by atoms with Crippen LogP contribution >= 0.6 is 0 Å². The lowest BCUT2D eigenvalue weighted by molar-refractivity contribution is -0.384. The van der Waals surface area contributed by atoms with Crippen LogP contribution in [-0.2, 0) is 9.53 Å². The molecule has 1 aromatic rings. The zero-order chi connectivity index (χ0) is 16.2. The van der Waals surface area contributed by atoms with E-state index in [1.165, 1.54) is 24.3 Å². The first-order valence-electron chi connectivity index (χ1n) is 6.07. The van der Waals surface area contributed by atoms with Crippen molar-refractivity contribution in [1.82, 2.24) is 5.32 Å². The van der Waals surface area contributed by atoms with Crippen molar-refractivity contribution in [3.05, 3.63) is 39.9 Å². The number of carbonyl (C=O) groups is 2. The van der Waals surface area contributed by atoms with Crippen LogP contribution in [0.4, 0.5) is 10.5 Å². The molecule has 8 nitrogen and oxygen atoms in total. The van der Waals surface area contributed by atoms with E-state index in [9.17, 15) is 19.7 Å². The number of benzene rings is 1. The number of nitro benzene ring substituents is 1. The Balaban J connectivity index is 2.89. The van der Waals surface area contributed by atoms with E-state index in [4.69, 9.17) is 9.84 Å². The van der Waals surface area contributed by atoms with Crippen LogP contribution in [0, 0.1) is 10.1 Å². The Hall–Kier alpha value is -2.64. The minimum Gasteiger partial charge on any atom is -0.479 e. The Morgan fingerprint density at radius 2 is 1.81 bits per heavy atom.